The van der Waals surface area contributed by atoms with E-state index in [0.29, 0.717) is 6.61 Å². The van der Waals surface area contributed by atoms with E-state index in [1.54, 1.807) is 7.11 Å². The van der Waals surface area contributed by atoms with Crippen molar-refractivity contribution >= 4 is 11.8 Å². The zero-order valence-electron chi connectivity index (χ0n) is 19.4. The summed E-state index contributed by atoms with van der Waals surface area (Å²) in [6.45, 7) is 4.36. The Kier molecular flexibility index (Phi) is 8.37. The number of methoxy groups -OCH3 is 1. The van der Waals surface area contributed by atoms with Crippen LogP contribution in [0.4, 0.5) is 0 Å². The van der Waals surface area contributed by atoms with Gasteiger partial charge in [-0.2, -0.15) is 0 Å². The molecule has 1 N–H and O–H groups in total. The van der Waals surface area contributed by atoms with Crippen molar-refractivity contribution in [3.63, 3.8) is 0 Å². The Morgan fingerprint density at radius 3 is 2.27 bits per heavy atom. The molecule has 7 heteroatoms. The van der Waals surface area contributed by atoms with Crippen LogP contribution < -0.4 is 0 Å². The first-order valence-electron chi connectivity index (χ1n) is 11.1. The molecule has 3 atom stereocenters. The van der Waals surface area contributed by atoms with Crippen LogP contribution >= 0.6 is 0 Å². The normalized spacial score (nSPS) is 21.4. The summed E-state index contributed by atoms with van der Waals surface area (Å²) in [6, 6.07) is 19.4. The maximum atomic E-state index is 12.3. The lowest BCUT2D eigenvalue weighted by molar-refractivity contribution is -0.182. The Morgan fingerprint density at radius 2 is 1.67 bits per heavy atom. The SMILES string of the molecule is COC(CCC(=O)CC(=O)O)(c1ccccc1)C1OC(C)(C)OC1COCc1ccccc1. The predicted octanol–water partition coefficient (Wildman–Crippen LogP) is 4.09. The highest BCUT2D eigenvalue weighted by Crippen LogP contribution is 2.44. The monoisotopic (exact) mass is 456 g/mol. The molecular formula is C26H32O7. The number of carboxylic acid groups (broad SMARTS) is 1. The molecular weight excluding hydrogens is 424 g/mol. The van der Waals surface area contributed by atoms with Crippen molar-refractivity contribution in [1.29, 1.82) is 0 Å². The number of carbonyl (C=O) groups excluding carboxylic acids is 1. The minimum Gasteiger partial charge on any atom is -0.481 e. The first-order valence-corrected chi connectivity index (χ1v) is 11.1. The lowest BCUT2D eigenvalue weighted by Gasteiger charge is -2.39. The van der Waals surface area contributed by atoms with Crippen molar-refractivity contribution in [2.24, 2.45) is 0 Å². The van der Waals surface area contributed by atoms with E-state index in [0.717, 1.165) is 11.1 Å². The second-order valence-electron chi connectivity index (χ2n) is 8.66. The third-order valence-electron chi connectivity index (χ3n) is 5.79. The Hall–Kier alpha value is -2.58. The highest BCUT2D eigenvalue weighted by atomic mass is 16.8. The number of hydrogen-bond acceptors (Lipinski definition) is 6. The molecule has 1 aliphatic rings. The van der Waals surface area contributed by atoms with E-state index in [4.69, 9.17) is 24.1 Å². The molecule has 7 nitrogen and oxygen atoms in total. The number of hydrogen-bond donors (Lipinski definition) is 1. The Balaban J connectivity index is 1.85. The van der Waals surface area contributed by atoms with Crippen LogP contribution in [0.2, 0.25) is 0 Å². The van der Waals surface area contributed by atoms with Gasteiger partial charge in [-0.05, 0) is 31.4 Å². The van der Waals surface area contributed by atoms with Gasteiger partial charge in [-0.15, -0.1) is 0 Å². The number of aliphatic carboxylic acids is 1. The van der Waals surface area contributed by atoms with E-state index < -0.39 is 36.0 Å². The lowest BCUT2D eigenvalue weighted by Crippen LogP contribution is -2.48. The van der Waals surface area contributed by atoms with Crippen molar-refractivity contribution in [1.82, 2.24) is 0 Å². The van der Waals surface area contributed by atoms with Crippen molar-refractivity contribution in [3.05, 3.63) is 71.8 Å². The van der Waals surface area contributed by atoms with Crippen LogP contribution in [0.3, 0.4) is 0 Å². The predicted molar refractivity (Wildman–Crippen MR) is 122 cm³/mol. The molecule has 33 heavy (non-hydrogen) atoms. The third kappa shape index (κ3) is 6.48. The quantitative estimate of drug-likeness (QED) is 0.481. The van der Waals surface area contributed by atoms with Gasteiger partial charge in [0.15, 0.2) is 5.79 Å². The molecule has 0 aromatic heterocycles. The minimum atomic E-state index is -1.14. The van der Waals surface area contributed by atoms with Gasteiger partial charge in [0.1, 0.15) is 30.0 Å². The fraction of sp³-hybridized carbons (Fsp3) is 0.462. The molecule has 1 saturated heterocycles. The molecule has 0 aliphatic carbocycles. The van der Waals surface area contributed by atoms with Crippen LogP contribution in [0.5, 0.6) is 0 Å². The van der Waals surface area contributed by atoms with Gasteiger partial charge in [-0.25, -0.2) is 0 Å². The van der Waals surface area contributed by atoms with E-state index >= 15 is 0 Å². The molecule has 0 radical (unpaired) electrons. The Morgan fingerprint density at radius 1 is 1.03 bits per heavy atom. The topological polar surface area (TPSA) is 91.3 Å². The number of ether oxygens (including phenoxy) is 4. The number of rotatable bonds is 12. The first kappa shape index (κ1) is 25.1. The summed E-state index contributed by atoms with van der Waals surface area (Å²) >= 11 is 0. The zero-order chi connectivity index (χ0) is 23.9. The standard InChI is InChI=1S/C26H32O7/c1-25(2)32-22(18-31-17-19-10-6-4-7-11-19)24(33-25)26(30-3,20-12-8-5-9-13-20)15-14-21(27)16-23(28)29/h4-13,22,24H,14-18H2,1-3H3,(H,28,29). The van der Waals surface area contributed by atoms with Crippen molar-refractivity contribution in [2.75, 3.05) is 13.7 Å². The molecule has 178 valence electrons. The largest absolute Gasteiger partial charge is 0.481 e. The van der Waals surface area contributed by atoms with E-state index in [1.165, 1.54) is 0 Å². The molecule has 1 fully saturated rings. The molecule has 1 heterocycles. The zero-order valence-corrected chi connectivity index (χ0v) is 19.4. The summed E-state index contributed by atoms with van der Waals surface area (Å²) in [6.07, 6.45) is -1.27. The van der Waals surface area contributed by atoms with Gasteiger partial charge in [0.05, 0.1) is 13.2 Å². The summed E-state index contributed by atoms with van der Waals surface area (Å²) < 4.78 is 24.6. The average Bonchev–Trinajstić information content (AvgIpc) is 3.10. The summed E-state index contributed by atoms with van der Waals surface area (Å²) in [5.41, 5.74) is 0.854. The van der Waals surface area contributed by atoms with Gasteiger partial charge >= 0.3 is 5.97 Å². The fourth-order valence-corrected chi connectivity index (χ4v) is 4.31. The van der Waals surface area contributed by atoms with Gasteiger partial charge in [-0.3, -0.25) is 9.59 Å². The third-order valence-corrected chi connectivity index (χ3v) is 5.79. The summed E-state index contributed by atoms with van der Waals surface area (Å²) in [4.78, 5) is 23.3. The molecule has 0 saturated carbocycles. The van der Waals surface area contributed by atoms with E-state index in [9.17, 15) is 9.59 Å². The molecule has 1 aliphatic heterocycles. The van der Waals surface area contributed by atoms with Crippen LogP contribution in [0.15, 0.2) is 60.7 Å². The van der Waals surface area contributed by atoms with Crippen LogP contribution in [-0.4, -0.2) is 48.6 Å². The smallest absolute Gasteiger partial charge is 0.310 e. The molecule has 0 bridgehead atoms. The Bertz CT molecular complexity index is 913. The molecule has 2 aromatic rings. The summed E-state index contributed by atoms with van der Waals surface area (Å²) in [7, 11) is 1.57. The summed E-state index contributed by atoms with van der Waals surface area (Å²) in [5.74, 6) is -2.39. The van der Waals surface area contributed by atoms with Crippen molar-refractivity contribution in [2.45, 2.75) is 63.3 Å². The van der Waals surface area contributed by atoms with E-state index in [2.05, 4.69) is 0 Å². The van der Waals surface area contributed by atoms with Gasteiger partial charge in [0, 0.05) is 13.5 Å². The number of Topliss-reactive ketones (excluding diaryl/α,β-unsaturated/α-hetero) is 1. The molecule has 3 unspecified atom stereocenters. The van der Waals surface area contributed by atoms with E-state index in [-0.39, 0.29) is 25.2 Å². The van der Waals surface area contributed by atoms with Crippen LogP contribution in [0.1, 0.15) is 44.2 Å². The van der Waals surface area contributed by atoms with Crippen molar-refractivity contribution in [3.8, 4) is 0 Å². The highest BCUT2D eigenvalue weighted by Gasteiger charge is 2.54. The second kappa shape index (κ2) is 11.0. The van der Waals surface area contributed by atoms with Crippen LogP contribution in [0.25, 0.3) is 0 Å². The van der Waals surface area contributed by atoms with E-state index in [1.807, 2.05) is 74.5 Å². The maximum Gasteiger partial charge on any atom is 0.310 e. The molecule has 3 rings (SSSR count). The van der Waals surface area contributed by atoms with Gasteiger partial charge in [-0.1, -0.05) is 60.7 Å². The Labute approximate surface area is 194 Å². The van der Waals surface area contributed by atoms with Crippen LogP contribution in [0, 0.1) is 0 Å². The second-order valence-corrected chi connectivity index (χ2v) is 8.66. The highest BCUT2D eigenvalue weighted by molar-refractivity contribution is 5.94. The lowest BCUT2D eigenvalue weighted by atomic mass is 9.80. The summed E-state index contributed by atoms with van der Waals surface area (Å²) in [5, 5.41) is 8.99. The molecule has 2 aromatic carbocycles. The average molecular weight is 457 g/mol. The number of carboxylic acids is 1. The number of ketones is 1. The first-order chi connectivity index (χ1) is 15.8. The maximum absolute atomic E-state index is 12.3. The van der Waals surface area contributed by atoms with Gasteiger partial charge in [0.2, 0.25) is 0 Å². The number of benzene rings is 2. The minimum absolute atomic E-state index is 0.0346. The van der Waals surface area contributed by atoms with Crippen LogP contribution in [-0.2, 0) is 40.7 Å². The molecule has 0 spiro atoms. The number of carbonyl (C=O) groups is 2. The fourth-order valence-electron chi connectivity index (χ4n) is 4.31. The molecule has 0 amide bonds. The van der Waals surface area contributed by atoms with Crippen molar-refractivity contribution < 1.29 is 33.6 Å². The van der Waals surface area contributed by atoms with Gasteiger partial charge in [0.25, 0.3) is 0 Å². The van der Waals surface area contributed by atoms with Gasteiger partial charge < -0.3 is 24.1 Å².